The minimum absolute atomic E-state index is 0.00333. The van der Waals surface area contributed by atoms with E-state index in [0.29, 0.717) is 43.2 Å². The number of nitrogens with one attached hydrogen (secondary N) is 2. The first-order valence-electron chi connectivity index (χ1n) is 10.5. The van der Waals surface area contributed by atoms with Crippen molar-refractivity contribution in [2.24, 2.45) is 5.92 Å². The molecule has 0 bridgehead atoms. The van der Waals surface area contributed by atoms with Crippen LogP contribution in [0.25, 0.3) is 0 Å². The molecular weight excluding hydrogens is 416 g/mol. The van der Waals surface area contributed by atoms with E-state index < -0.39 is 0 Å². The second kappa shape index (κ2) is 9.39. The van der Waals surface area contributed by atoms with E-state index >= 15 is 0 Å². The Bertz CT molecular complexity index is 960. The molecule has 0 aliphatic carbocycles. The summed E-state index contributed by atoms with van der Waals surface area (Å²) in [7, 11) is 0. The fourth-order valence-electron chi connectivity index (χ4n) is 4.05. The first-order chi connectivity index (χ1) is 15.0. The number of carbonyl (C=O) groups excluding carboxylic acids is 3. The summed E-state index contributed by atoms with van der Waals surface area (Å²) in [6, 6.07) is 16.3. The van der Waals surface area contributed by atoms with E-state index in [2.05, 4.69) is 10.6 Å². The Kier molecular flexibility index (Phi) is 6.42. The van der Waals surface area contributed by atoms with Gasteiger partial charge in [0.25, 0.3) is 0 Å². The summed E-state index contributed by atoms with van der Waals surface area (Å²) >= 11 is 6.03. The van der Waals surface area contributed by atoms with Gasteiger partial charge in [-0.15, -0.1) is 0 Å². The Morgan fingerprint density at radius 1 is 1.00 bits per heavy atom. The molecule has 2 aliphatic rings. The molecule has 0 spiro atoms. The van der Waals surface area contributed by atoms with E-state index in [1.165, 1.54) is 0 Å². The number of amides is 4. The lowest BCUT2D eigenvalue weighted by Crippen LogP contribution is -2.49. The van der Waals surface area contributed by atoms with Crippen LogP contribution in [-0.2, 0) is 9.59 Å². The summed E-state index contributed by atoms with van der Waals surface area (Å²) in [5, 5.41) is 6.52. The Balaban J connectivity index is 1.25. The van der Waals surface area contributed by atoms with Crippen LogP contribution in [0.4, 0.5) is 16.2 Å². The maximum atomic E-state index is 12.8. The lowest BCUT2D eigenvalue weighted by molar-refractivity contribution is -0.127. The molecule has 2 aromatic rings. The number of halogens is 1. The van der Waals surface area contributed by atoms with Gasteiger partial charge >= 0.3 is 6.03 Å². The van der Waals surface area contributed by atoms with Gasteiger partial charge in [0.1, 0.15) is 0 Å². The van der Waals surface area contributed by atoms with Crippen LogP contribution in [-0.4, -0.2) is 48.4 Å². The quantitative estimate of drug-likeness (QED) is 0.763. The minimum atomic E-state index is -0.383. The molecule has 1 unspecified atom stereocenters. The number of hydrogen-bond donors (Lipinski definition) is 2. The van der Waals surface area contributed by atoms with Gasteiger partial charge in [-0.05, 0) is 43.2 Å². The topological polar surface area (TPSA) is 81.8 Å². The fourth-order valence-corrected chi connectivity index (χ4v) is 4.23. The van der Waals surface area contributed by atoms with Crippen LogP contribution in [0.15, 0.2) is 54.6 Å². The zero-order chi connectivity index (χ0) is 21.8. The van der Waals surface area contributed by atoms with Gasteiger partial charge in [0, 0.05) is 48.5 Å². The van der Waals surface area contributed by atoms with Crippen molar-refractivity contribution in [2.45, 2.75) is 25.3 Å². The van der Waals surface area contributed by atoms with Gasteiger partial charge in [0.15, 0.2) is 0 Å². The maximum Gasteiger partial charge on any atom is 0.321 e. The van der Waals surface area contributed by atoms with E-state index in [1.807, 2.05) is 36.4 Å². The van der Waals surface area contributed by atoms with Crippen LogP contribution in [0.1, 0.15) is 19.3 Å². The molecule has 7 nitrogen and oxygen atoms in total. The van der Waals surface area contributed by atoms with Gasteiger partial charge in [0.05, 0.1) is 5.92 Å². The number of rotatable bonds is 4. The van der Waals surface area contributed by atoms with Gasteiger partial charge in [-0.25, -0.2) is 4.79 Å². The monoisotopic (exact) mass is 440 g/mol. The van der Waals surface area contributed by atoms with Gasteiger partial charge < -0.3 is 20.4 Å². The SMILES string of the molecule is O=C(NC1CCN(C(=O)Nc2ccccc2)CC1)C1CC(=O)N(c2cccc(Cl)c2)C1. The number of anilines is 2. The van der Waals surface area contributed by atoms with Gasteiger partial charge in [0.2, 0.25) is 11.8 Å². The molecule has 31 heavy (non-hydrogen) atoms. The van der Waals surface area contributed by atoms with Gasteiger partial charge in [-0.1, -0.05) is 35.9 Å². The van der Waals surface area contributed by atoms with E-state index in [1.54, 1.807) is 28.0 Å². The molecular formula is C23H25ClN4O3. The summed E-state index contributed by atoms with van der Waals surface area (Å²) in [4.78, 5) is 41.0. The number of nitrogens with zero attached hydrogens (tertiary/aromatic N) is 2. The molecule has 2 heterocycles. The van der Waals surface area contributed by atoms with E-state index in [-0.39, 0.29) is 36.2 Å². The Hall–Kier alpha value is -3.06. The number of hydrogen-bond acceptors (Lipinski definition) is 3. The number of carbonyl (C=O) groups is 3. The largest absolute Gasteiger partial charge is 0.353 e. The molecule has 0 saturated carbocycles. The van der Waals surface area contributed by atoms with Crippen molar-refractivity contribution < 1.29 is 14.4 Å². The van der Waals surface area contributed by atoms with E-state index in [9.17, 15) is 14.4 Å². The zero-order valence-corrected chi connectivity index (χ0v) is 17.8. The number of urea groups is 1. The van der Waals surface area contributed by atoms with Gasteiger partial charge in [-0.2, -0.15) is 0 Å². The molecule has 1 atom stereocenters. The van der Waals surface area contributed by atoms with Crippen LogP contribution in [0.3, 0.4) is 0 Å². The predicted octanol–water partition coefficient (Wildman–Crippen LogP) is 3.51. The second-order valence-corrected chi connectivity index (χ2v) is 8.39. The van der Waals surface area contributed by atoms with Crippen LogP contribution in [0.2, 0.25) is 5.02 Å². The zero-order valence-electron chi connectivity index (χ0n) is 17.1. The molecule has 4 amide bonds. The smallest absolute Gasteiger partial charge is 0.321 e. The van der Waals surface area contributed by atoms with Crippen molar-refractivity contribution in [3.05, 3.63) is 59.6 Å². The molecule has 2 N–H and O–H groups in total. The molecule has 2 aliphatic heterocycles. The van der Waals surface area contributed by atoms with E-state index in [4.69, 9.17) is 11.6 Å². The summed E-state index contributed by atoms with van der Waals surface area (Å²) in [6.45, 7) is 1.49. The minimum Gasteiger partial charge on any atom is -0.353 e. The van der Waals surface area contributed by atoms with Crippen molar-refractivity contribution in [3.8, 4) is 0 Å². The number of benzene rings is 2. The third-order valence-corrected chi connectivity index (χ3v) is 6.00. The Morgan fingerprint density at radius 2 is 1.74 bits per heavy atom. The van der Waals surface area contributed by atoms with Crippen LogP contribution in [0.5, 0.6) is 0 Å². The average Bonchev–Trinajstić information content (AvgIpc) is 3.17. The van der Waals surface area contributed by atoms with Crippen molar-refractivity contribution in [1.29, 1.82) is 0 Å². The fraction of sp³-hybridized carbons (Fsp3) is 0.348. The Morgan fingerprint density at radius 3 is 2.45 bits per heavy atom. The number of likely N-dealkylation sites (tertiary alicyclic amines) is 1. The molecule has 162 valence electrons. The highest BCUT2D eigenvalue weighted by atomic mass is 35.5. The van der Waals surface area contributed by atoms with Crippen molar-refractivity contribution >= 4 is 40.8 Å². The lowest BCUT2D eigenvalue weighted by atomic mass is 10.0. The third-order valence-electron chi connectivity index (χ3n) is 5.77. The molecule has 2 saturated heterocycles. The normalized spacial score (nSPS) is 19.4. The number of para-hydroxylation sites is 1. The summed E-state index contributed by atoms with van der Waals surface area (Å²) in [5.74, 6) is -0.564. The van der Waals surface area contributed by atoms with E-state index in [0.717, 1.165) is 5.69 Å². The van der Waals surface area contributed by atoms with Crippen molar-refractivity contribution in [1.82, 2.24) is 10.2 Å². The van der Waals surface area contributed by atoms with Crippen LogP contribution < -0.4 is 15.5 Å². The average molecular weight is 441 g/mol. The molecule has 0 aromatic heterocycles. The molecule has 2 aromatic carbocycles. The molecule has 0 radical (unpaired) electrons. The predicted molar refractivity (Wildman–Crippen MR) is 120 cm³/mol. The first-order valence-corrected chi connectivity index (χ1v) is 10.8. The maximum absolute atomic E-state index is 12.8. The van der Waals surface area contributed by atoms with Crippen LogP contribution >= 0.6 is 11.6 Å². The summed E-state index contributed by atoms with van der Waals surface area (Å²) < 4.78 is 0. The molecule has 4 rings (SSSR count). The highest BCUT2D eigenvalue weighted by molar-refractivity contribution is 6.31. The third kappa shape index (κ3) is 5.17. The molecule has 8 heteroatoms. The highest BCUT2D eigenvalue weighted by Gasteiger charge is 2.36. The first kappa shape index (κ1) is 21.2. The second-order valence-electron chi connectivity index (χ2n) is 7.95. The lowest BCUT2D eigenvalue weighted by Gasteiger charge is -2.32. The van der Waals surface area contributed by atoms with Crippen LogP contribution in [0, 0.1) is 5.92 Å². The van der Waals surface area contributed by atoms with Crippen molar-refractivity contribution in [2.75, 3.05) is 29.9 Å². The highest BCUT2D eigenvalue weighted by Crippen LogP contribution is 2.27. The number of piperidine rings is 1. The Labute approximate surface area is 186 Å². The van der Waals surface area contributed by atoms with Gasteiger partial charge in [-0.3, -0.25) is 9.59 Å². The van der Waals surface area contributed by atoms with Crippen molar-refractivity contribution in [3.63, 3.8) is 0 Å². The standard InChI is InChI=1S/C23H25ClN4O3/c24-17-5-4-8-20(14-17)28-15-16(13-21(28)29)22(30)25-19-9-11-27(12-10-19)23(31)26-18-6-2-1-3-7-18/h1-8,14,16,19H,9-13,15H2,(H,25,30)(H,26,31). The molecule has 2 fully saturated rings. The summed E-state index contributed by atoms with van der Waals surface area (Å²) in [6.07, 6.45) is 1.57. The summed E-state index contributed by atoms with van der Waals surface area (Å²) in [5.41, 5.74) is 1.48.